The van der Waals surface area contributed by atoms with Crippen LogP contribution in [0.5, 0.6) is 0 Å². The second-order valence-electron chi connectivity index (χ2n) is 5.52. The van der Waals surface area contributed by atoms with Gasteiger partial charge in [-0.25, -0.2) is 18.1 Å². The molecule has 2 aromatic carbocycles. The third kappa shape index (κ3) is 4.56. The molecule has 1 aromatic heterocycles. The van der Waals surface area contributed by atoms with E-state index in [9.17, 15) is 8.42 Å². The van der Waals surface area contributed by atoms with Crippen LogP contribution in [-0.2, 0) is 16.4 Å². The first-order chi connectivity index (χ1) is 12.5. The van der Waals surface area contributed by atoms with Gasteiger partial charge in [0.15, 0.2) is 0 Å². The van der Waals surface area contributed by atoms with Crippen LogP contribution < -0.4 is 4.72 Å². The Morgan fingerprint density at radius 1 is 1.23 bits per heavy atom. The average Bonchev–Trinajstić information content (AvgIpc) is 3.16. The zero-order valence-corrected chi connectivity index (χ0v) is 16.7. The van der Waals surface area contributed by atoms with E-state index in [2.05, 4.69) is 31.7 Å². The van der Waals surface area contributed by atoms with Crippen molar-refractivity contribution in [1.82, 2.24) is 9.71 Å². The summed E-state index contributed by atoms with van der Waals surface area (Å²) in [5, 5.41) is 11.5. The van der Waals surface area contributed by atoms with Crippen LogP contribution in [0.2, 0.25) is 0 Å². The number of nitrogens with zero attached hydrogens (tertiary/aromatic N) is 2. The second kappa shape index (κ2) is 8.10. The summed E-state index contributed by atoms with van der Waals surface area (Å²) in [6.45, 7) is 0. The monoisotopic (exact) mass is 447 g/mol. The summed E-state index contributed by atoms with van der Waals surface area (Å²) in [6.07, 6.45) is 2.04. The number of halogens is 1. The Bertz CT molecular complexity index is 1040. The molecule has 1 heterocycles. The Kier molecular flexibility index (Phi) is 5.84. The molecule has 0 aliphatic rings. The Morgan fingerprint density at radius 3 is 2.73 bits per heavy atom. The third-order valence-electron chi connectivity index (χ3n) is 3.65. The summed E-state index contributed by atoms with van der Waals surface area (Å²) in [6, 6.07) is 15.2. The van der Waals surface area contributed by atoms with Crippen LogP contribution in [0.25, 0.3) is 0 Å². The third-order valence-corrected chi connectivity index (χ3v) is 6.50. The minimum Gasteiger partial charge on any atom is -0.248 e. The van der Waals surface area contributed by atoms with Crippen molar-refractivity contribution in [2.45, 2.75) is 17.4 Å². The quantitative estimate of drug-likeness (QED) is 0.617. The fourth-order valence-corrected chi connectivity index (χ4v) is 5.04. The number of nitrogens with one attached hydrogen (secondary N) is 1. The first-order valence-electron chi connectivity index (χ1n) is 7.64. The molecule has 26 heavy (non-hydrogen) atoms. The number of aromatic nitrogens is 1. The van der Waals surface area contributed by atoms with Gasteiger partial charge in [-0.2, -0.15) is 5.26 Å². The summed E-state index contributed by atoms with van der Waals surface area (Å²) in [5.74, 6) is 0. The molecule has 1 unspecified atom stereocenters. The van der Waals surface area contributed by atoms with Crippen LogP contribution in [0.3, 0.4) is 0 Å². The molecule has 0 amide bonds. The van der Waals surface area contributed by atoms with Crippen LogP contribution in [-0.4, -0.2) is 13.4 Å². The molecule has 1 N–H and O–H groups in total. The molecule has 0 radical (unpaired) electrons. The lowest BCUT2D eigenvalue weighted by molar-refractivity contribution is 0.554. The van der Waals surface area contributed by atoms with Gasteiger partial charge < -0.3 is 0 Å². The maximum atomic E-state index is 12.8. The Hall–Kier alpha value is -2.05. The van der Waals surface area contributed by atoms with Crippen LogP contribution >= 0.6 is 27.3 Å². The van der Waals surface area contributed by atoms with E-state index in [1.807, 2.05) is 6.07 Å². The summed E-state index contributed by atoms with van der Waals surface area (Å²) < 4.78 is 29.0. The highest BCUT2D eigenvalue weighted by Crippen LogP contribution is 2.24. The number of thiazole rings is 1. The van der Waals surface area contributed by atoms with Crippen LogP contribution in [0.1, 0.15) is 22.2 Å². The van der Waals surface area contributed by atoms with Crippen molar-refractivity contribution in [3.8, 4) is 6.07 Å². The van der Waals surface area contributed by atoms with E-state index in [0.29, 0.717) is 21.5 Å². The molecule has 0 saturated carbocycles. The van der Waals surface area contributed by atoms with Gasteiger partial charge in [-0.3, -0.25) is 0 Å². The smallest absolute Gasteiger partial charge is 0.241 e. The molecule has 132 valence electrons. The molecule has 0 fully saturated rings. The summed E-state index contributed by atoms with van der Waals surface area (Å²) in [7, 11) is -3.72. The van der Waals surface area contributed by atoms with E-state index < -0.39 is 16.1 Å². The van der Waals surface area contributed by atoms with Crippen molar-refractivity contribution >= 4 is 37.3 Å². The van der Waals surface area contributed by atoms with Crippen molar-refractivity contribution in [1.29, 1.82) is 5.26 Å². The van der Waals surface area contributed by atoms with Gasteiger partial charge in [0, 0.05) is 16.0 Å². The second-order valence-corrected chi connectivity index (χ2v) is 9.07. The summed E-state index contributed by atoms with van der Waals surface area (Å²) >= 11 is 4.68. The standard InChI is InChI=1S/C18H14BrN3O2S2/c19-15-5-2-6-16(11-15)26(23,24)22-17(18-21-7-8-25-18)10-13-3-1-4-14(9-13)12-20/h1-9,11,17,22H,10H2. The van der Waals surface area contributed by atoms with E-state index >= 15 is 0 Å². The number of nitriles is 1. The Balaban J connectivity index is 1.91. The number of benzene rings is 2. The first kappa shape index (κ1) is 18.7. The predicted octanol–water partition coefficient (Wildman–Crippen LogP) is 4.04. The van der Waals surface area contributed by atoms with Gasteiger partial charge in [0.25, 0.3) is 0 Å². The van der Waals surface area contributed by atoms with Gasteiger partial charge in [0.2, 0.25) is 10.0 Å². The SMILES string of the molecule is N#Cc1cccc(CC(NS(=O)(=O)c2cccc(Br)c2)c2nccs2)c1. The summed E-state index contributed by atoms with van der Waals surface area (Å²) in [4.78, 5) is 4.45. The number of rotatable bonds is 6. The summed E-state index contributed by atoms with van der Waals surface area (Å²) in [5.41, 5.74) is 1.40. The van der Waals surface area contributed by atoms with Gasteiger partial charge >= 0.3 is 0 Å². The molecule has 0 bridgehead atoms. The van der Waals surface area contributed by atoms with Gasteiger partial charge in [-0.1, -0.05) is 34.1 Å². The number of hydrogen-bond donors (Lipinski definition) is 1. The first-order valence-corrected chi connectivity index (χ1v) is 10.8. The molecule has 0 spiro atoms. The normalized spacial score (nSPS) is 12.5. The molecule has 5 nitrogen and oxygen atoms in total. The molecule has 3 aromatic rings. The fraction of sp³-hybridized carbons (Fsp3) is 0.111. The molecule has 0 aliphatic heterocycles. The lowest BCUT2D eigenvalue weighted by atomic mass is 10.0. The van der Waals surface area contributed by atoms with Crippen molar-refractivity contribution in [3.63, 3.8) is 0 Å². The van der Waals surface area contributed by atoms with Crippen LogP contribution in [0.15, 0.2) is 69.5 Å². The largest absolute Gasteiger partial charge is 0.248 e. The minimum absolute atomic E-state index is 0.180. The zero-order valence-electron chi connectivity index (χ0n) is 13.5. The van der Waals surface area contributed by atoms with Gasteiger partial charge in [-0.05, 0) is 42.3 Å². The van der Waals surface area contributed by atoms with E-state index in [4.69, 9.17) is 5.26 Å². The highest BCUT2D eigenvalue weighted by molar-refractivity contribution is 9.10. The lowest BCUT2D eigenvalue weighted by Gasteiger charge is -2.17. The highest BCUT2D eigenvalue weighted by atomic mass is 79.9. The lowest BCUT2D eigenvalue weighted by Crippen LogP contribution is -2.30. The van der Waals surface area contributed by atoms with Crippen LogP contribution in [0, 0.1) is 11.3 Å². The van der Waals surface area contributed by atoms with Crippen molar-refractivity contribution in [2.75, 3.05) is 0 Å². The van der Waals surface area contributed by atoms with Crippen LogP contribution in [0.4, 0.5) is 0 Å². The van der Waals surface area contributed by atoms with E-state index in [0.717, 1.165) is 5.56 Å². The molecule has 8 heteroatoms. The van der Waals surface area contributed by atoms with Crippen molar-refractivity contribution < 1.29 is 8.42 Å². The molecule has 0 saturated heterocycles. The predicted molar refractivity (Wildman–Crippen MR) is 104 cm³/mol. The van der Waals surface area contributed by atoms with Gasteiger partial charge in [-0.15, -0.1) is 11.3 Å². The van der Waals surface area contributed by atoms with E-state index in [1.165, 1.54) is 11.3 Å². The maximum absolute atomic E-state index is 12.8. The number of hydrogen-bond acceptors (Lipinski definition) is 5. The van der Waals surface area contributed by atoms with Gasteiger partial charge in [0.1, 0.15) is 5.01 Å². The van der Waals surface area contributed by atoms with Gasteiger partial charge in [0.05, 0.1) is 22.6 Å². The topological polar surface area (TPSA) is 82.9 Å². The van der Waals surface area contributed by atoms with E-state index in [-0.39, 0.29) is 4.90 Å². The molecule has 3 rings (SSSR count). The fourth-order valence-electron chi connectivity index (χ4n) is 2.48. The van der Waals surface area contributed by atoms with E-state index in [1.54, 1.807) is 54.0 Å². The molecular weight excluding hydrogens is 434 g/mol. The average molecular weight is 448 g/mol. The number of sulfonamides is 1. The Labute approximate surface area is 164 Å². The minimum atomic E-state index is -3.72. The molecular formula is C18H14BrN3O2S2. The maximum Gasteiger partial charge on any atom is 0.241 e. The van der Waals surface area contributed by atoms with Crippen molar-refractivity contribution in [2.24, 2.45) is 0 Å². The molecule has 0 aliphatic carbocycles. The highest BCUT2D eigenvalue weighted by Gasteiger charge is 2.23. The Morgan fingerprint density at radius 2 is 2.04 bits per heavy atom. The molecule has 1 atom stereocenters. The zero-order chi connectivity index (χ0) is 18.6. The van der Waals surface area contributed by atoms with Crippen molar-refractivity contribution in [3.05, 3.63) is 80.7 Å².